The topological polar surface area (TPSA) is 61.4 Å². The fourth-order valence-corrected chi connectivity index (χ4v) is 2.51. The van der Waals surface area contributed by atoms with Crippen molar-refractivity contribution in [3.8, 4) is 0 Å². The third-order valence-corrected chi connectivity index (χ3v) is 3.43. The zero-order valence-corrected chi connectivity index (χ0v) is 10.5. The minimum Gasteiger partial charge on any atom is -0.478 e. The smallest absolute Gasteiger partial charge is 0.336 e. The van der Waals surface area contributed by atoms with Crippen molar-refractivity contribution in [3.05, 3.63) is 64.4 Å². The largest absolute Gasteiger partial charge is 0.478 e. The van der Waals surface area contributed by atoms with Crippen LogP contribution in [-0.4, -0.2) is 11.1 Å². The maximum absolute atomic E-state index is 11.5. The number of hydrazine groups is 1. The molecule has 19 heavy (non-hydrogen) atoms. The van der Waals surface area contributed by atoms with Crippen molar-refractivity contribution in [3.63, 3.8) is 0 Å². The van der Waals surface area contributed by atoms with Crippen LogP contribution in [-0.2, 0) is 0 Å². The van der Waals surface area contributed by atoms with Gasteiger partial charge >= 0.3 is 5.97 Å². The van der Waals surface area contributed by atoms with Gasteiger partial charge in [-0.3, -0.25) is 5.43 Å². The quantitative estimate of drug-likeness (QED) is 0.758. The predicted octanol–water partition coefficient (Wildman–Crippen LogP) is 2.36. The van der Waals surface area contributed by atoms with Crippen molar-refractivity contribution >= 4 is 11.7 Å². The van der Waals surface area contributed by atoms with Crippen LogP contribution in [0.3, 0.4) is 0 Å². The highest BCUT2D eigenvalue weighted by Gasteiger charge is 2.24. The van der Waals surface area contributed by atoms with Crippen LogP contribution in [0.4, 0.5) is 0 Å². The van der Waals surface area contributed by atoms with E-state index in [1.54, 1.807) is 0 Å². The number of benzene rings is 1. The molecule has 4 nitrogen and oxygen atoms in total. The second-order valence-corrected chi connectivity index (χ2v) is 4.62. The third-order valence-electron chi connectivity index (χ3n) is 3.43. The van der Waals surface area contributed by atoms with Gasteiger partial charge in [-0.25, -0.2) is 4.79 Å². The zero-order valence-electron chi connectivity index (χ0n) is 10.5. The molecule has 4 heteroatoms. The van der Waals surface area contributed by atoms with Crippen LogP contribution in [0.25, 0.3) is 5.70 Å². The molecular weight excluding hydrogens is 240 g/mol. The highest BCUT2D eigenvalue weighted by Crippen LogP contribution is 2.32. The molecule has 0 radical (unpaired) electrons. The zero-order chi connectivity index (χ0) is 13.4. The van der Waals surface area contributed by atoms with Crippen molar-refractivity contribution < 1.29 is 9.90 Å². The lowest BCUT2D eigenvalue weighted by molar-refractivity contribution is 0.0695. The van der Waals surface area contributed by atoms with Crippen LogP contribution in [0.15, 0.2) is 47.7 Å². The number of aryl methyl sites for hydroxylation is 1. The number of hydrogen-bond donors (Lipinski definition) is 3. The monoisotopic (exact) mass is 254 g/mol. The molecule has 3 rings (SSSR count). The number of fused-ring (bicyclic) bond motifs is 1. The molecule has 0 amide bonds. The lowest BCUT2D eigenvalue weighted by atomic mass is 9.94. The van der Waals surface area contributed by atoms with Gasteiger partial charge in [-0.1, -0.05) is 30.4 Å². The van der Waals surface area contributed by atoms with Crippen LogP contribution >= 0.6 is 0 Å². The van der Waals surface area contributed by atoms with Gasteiger partial charge in [-0.05, 0) is 25.0 Å². The van der Waals surface area contributed by atoms with Crippen molar-refractivity contribution in [1.82, 2.24) is 10.9 Å². The minimum absolute atomic E-state index is 0.357. The van der Waals surface area contributed by atoms with E-state index in [4.69, 9.17) is 0 Å². The molecule has 1 aliphatic heterocycles. The molecule has 0 bridgehead atoms. The van der Waals surface area contributed by atoms with Gasteiger partial charge in [0.2, 0.25) is 0 Å². The van der Waals surface area contributed by atoms with Crippen molar-refractivity contribution in [2.75, 3.05) is 0 Å². The molecule has 0 saturated carbocycles. The van der Waals surface area contributed by atoms with E-state index in [0.29, 0.717) is 5.56 Å². The van der Waals surface area contributed by atoms with E-state index in [1.807, 2.05) is 37.3 Å². The first-order chi connectivity index (χ1) is 9.18. The van der Waals surface area contributed by atoms with Crippen LogP contribution in [0.5, 0.6) is 0 Å². The predicted molar refractivity (Wildman–Crippen MR) is 73.2 cm³/mol. The van der Waals surface area contributed by atoms with Crippen molar-refractivity contribution in [2.45, 2.75) is 13.3 Å². The van der Waals surface area contributed by atoms with Gasteiger partial charge in [0.05, 0.1) is 17.0 Å². The molecule has 1 aromatic carbocycles. The Hall–Kier alpha value is -2.49. The van der Waals surface area contributed by atoms with E-state index >= 15 is 0 Å². The molecule has 1 aliphatic carbocycles. The fourth-order valence-electron chi connectivity index (χ4n) is 2.51. The van der Waals surface area contributed by atoms with Crippen LogP contribution in [0.1, 0.15) is 27.9 Å². The maximum Gasteiger partial charge on any atom is 0.336 e. The normalized spacial score (nSPS) is 16.6. The summed E-state index contributed by atoms with van der Waals surface area (Å²) in [4.78, 5) is 11.5. The molecule has 2 aliphatic rings. The number of carboxylic acids is 1. The van der Waals surface area contributed by atoms with Crippen LogP contribution in [0.2, 0.25) is 0 Å². The van der Waals surface area contributed by atoms with Gasteiger partial charge in [-0.15, -0.1) is 0 Å². The summed E-state index contributed by atoms with van der Waals surface area (Å²) in [7, 11) is 0. The Morgan fingerprint density at radius 2 is 2.16 bits per heavy atom. The van der Waals surface area contributed by atoms with E-state index < -0.39 is 5.97 Å². The van der Waals surface area contributed by atoms with E-state index in [1.165, 1.54) is 0 Å². The molecular formula is C15H14N2O2. The first-order valence-electron chi connectivity index (χ1n) is 6.14. The van der Waals surface area contributed by atoms with Crippen molar-refractivity contribution in [1.29, 1.82) is 0 Å². The Bertz CT molecular complexity index is 654. The number of allylic oxidation sites excluding steroid dienone is 4. The Kier molecular flexibility index (Phi) is 2.63. The number of aromatic carboxylic acids is 1. The Labute approximate surface area is 111 Å². The summed E-state index contributed by atoms with van der Waals surface area (Å²) in [5, 5.41) is 9.40. The van der Waals surface area contributed by atoms with E-state index in [2.05, 4.69) is 16.9 Å². The average Bonchev–Trinajstić information content (AvgIpc) is 2.81. The van der Waals surface area contributed by atoms with E-state index in [-0.39, 0.29) is 0 Å². The molecule has 0 unspecified atom stereocenters. The Morgan fingerprint density at radius 3 is 2.95 bits per heavy atom. The molecule has 3 N–H and O–H groups in total. The highest BCUT2D eigenvalue weighted by atomic mass is 16.4. The number of carboxylic acid groups (broad SMARTS) is 1. The summed E-state index contributed by atoms with van der Waals surface area (Å²) in [5.41, 5.74) is 11.0. The fraction of sp³-hybridized carbons (Fsp3) is 0.133. The average molecular weight is 254 g/mol. The summed E-state index contributed by atoms with van der Waals surface area (Å²) in [6, 6.07) is 5.54. The molecule has 0 atom stereocenters. The van der Waals surface area contributed by atoms with Gasteiger partial charge in [-0.2, -0.15) is 0 Å². The summed E-state index contributed by atoms with van der Waals surface area (Å²) >= 11 is 0. The first kappa shape index (κ1) is 11.6. The number of rotatable bonds is 2. The molecule has 96 valence electrons. The SMILES string of the molecule is Cc1cccc(C2=C3CC=CC=C3NN2)c1C(=O)O. The number of nitrogens with one attached hydrogen (secondary N) is 2. The molecule has 1 heterocycles. The summed E-state index contributed by atoms with van der Waals surface area (Å²) in [5.74, 6) is -0.896. The first-order valence-corrected chi connectivity index (χ1v) is 6.14. The molecule has 0 aromatic heterocycles. The second kappa shape index (κ2) is 4.31. The molecule has 0 fully saturated rings. The summed E-state index contributed by atoms with van der Waals surface area (Å²) in [6.07, 6.45) is 6.83. The van der Waals surface area contributed by atoms with Gasteiger partial charge in [0, 0.05) is 11.1 Å². The lowest BCUT2D eigenvalue weighted by Crippen LogP contribution is -2.23. The minimum atomic E-state index is -0.896. The number of carbonyl (C=O) groups is 1. The van der Waals surface area contributed by atoms with Gasteiger partial charge < -0.3 is 10.5 Å². The van der Waals surface area contributed by atoms with Crippen LogP contribution in [0, 0.1) is 6.92 Å². The van der Waals surface area contributed by atoms with E-state index in [0.717, 1.165) is 34.5 Å². The Morgan fingerprint density at radius 1 is 1.32 bits per heavy atom. The summed E-state index contributed by atoms with van der Waals surface area (Å²) < 4.78 is 0. The van der Waals surface area contributed by atoms with Crippen molar-refractivity contribution in [2.24, 2.45) is 0 Å². The second-order valence-electron chi connectivity index (χ2n) is 4.62. The maximum atomic E-state index is 11.5. The molecule has 0 spiro atoms. The van der Waals surface area contributed by atoms with Gasteiger partial charge in [0.15, 0.2) is 0 Å². The van der Waals surface area contributed by atoms with Gasteiger partial charge in [0.1, 0.15) is 0 Å². The van der Waals surface area contributed by atoms with E-state index in [9.17, 15) is 9.90 Å². The standard InChI is InChI=1S/C15H14N2O2/c1-9-5-4-7-11(13(9)15(18)19)14-10-6-2-3-8-12(10)16-17-14/h2-5,7-8,16-17H,6H2,1H3,(H,18,19). The molecule has 1 aromatic rings. The Balaban J connectivity index is 2.19. The van der Waals surface area contributed by atoms with Crippen LogP contribution < -0.4 is 10.9 Å². The summed E-state index contributed by atoms with van der Waals surface area (Å²) in [6.45, 7) is 1.82. The molecule has 0 saturated heterocycles. The third kappa shape index (κ3) is 1.81. The van der Waals surface area contributed by atoms with Gasteiger partial charge in [0.25, 0.3) is 0 Å². The highest BCUT2D eigenvalue weighted by molar-refractivity contribution is 5.96. The lowest BCUT2D eigenvalue weighted by Gasteiger charge is -2.11. The number of hydrogen-bond acceptors (Lipinski definition) is 3.